The SMILES string of the molecule is CC(C)=CCCN1C[C@H](NC(=O)c2c(Cl)cnn2C)[C@@H](C2CC2)C1. The summed E-state index contributed by atoms with van der Waals surface area (Å²) in [5, 5.41) is 7.69. The maximum Gasteiger partial charge on any atom is 0.271 e. The number of halogens is 1. The van der Waals surface area contributed by atoms with Gasteiger partial charge in [-0.2, -0.15) is 5.10 Å². The fourth-order valence-electron chi connectivity index (χ4n) is 3.69. The average molecular weight is 351 g/mol. The molecule has 2 fully saturated rings. The summed E-state index contributed by atoms with van der Waals surface area (Å²) in [5.74, 6) is 1.22. The van der Waals surface area contributed by atoms with Crippen LogP contribution in [0.15, 0.2) is 17.8 Å². The number of nitrogens with zero attached hydrogens (tertiary/aromatic N) is 3. The summed E-state index contributed by atoms with van der Waals surface area (Å²) >= 11 is 6.10. The molecule has 6 heteroatoms. The maximum absolute atomic E-state index is 12.6. The first-order valence-electron chi connectivity index (χ1n) is 8.79. The van der Waals surface area contributed by atoms with Crippen LogP contribution >= 0.6 is 11.6 Å². The Kier molecular flexibility index (Phi) is 5.30. The predicted molar refractivity (Wildman–Crippen MR) is 96.2 cm³/mol. The van der Waals surface area contributed by atoms with E-state index in [9.17, 15) is 4.79 Å². The van der Waals surface area contributed by atoms with Crippen LogP contribution in [0.1, 0.15) is 43.6 Å². The maximum atomic E-state index is 12.6. The molecular formula is C18H27ClN4O. The molecule has 24 heavy (non-hydrogen) atoms. The Labute approximate surface area is 149 Å². The van der Waals surface area contributed by atoms with Gasteiger partial charge >= 0.3 is 0 Å². The molecule has 0 spiro atoms. The molecule has 2 atom stereocenters. The van der Waals surface area contributed by atoms with Crippen molar-refractivity contribution in [3.8, 4) is 0 Å². The van der Waals surface area contributed by atoms with Crippen LogP contribution in [0.4, 0.5) is 0 Å². The van der Waals surface area contributed by atoms with Crippen LogP contribution in [0, 0.1) is 11.8 Å². The molecule has 132 valence electrons. The Morgan fingerprint density at radius 2 is 2.17 bits per heavy atom. The Morgan fingerprint density at radius 1 is 1.42 bits per heavy atom. The summed E-state index contributed by atoms with van der Waals surface area (Å²) in [6, 6.07) is 0.211. The third-order valence-electron chi connectivity index (χ3n) is 5.09. The van der Waals surface area contributed by atoms with Gasteiger partial charge in [0.1, 0.15) is 5.69 Å². The standard InChI is InChI=1S/C18H27ClN4O/c1-12(2)5-4-8-23-10-14(13-6-7-13)16(11-23)21-18(24)17-15(19)9-20-22(17)3/h5,9,13-14,16H,4,6-8,10-11H2,1-3H3,(H,21,24)/t14-,16+/m1/s1. The molecule has 1 saturated heterocycles. The molecule has 0 unspecified atom stereocenters. The van der Waals surface area contributed by atoms with Gasteiger partial charge in [0, 0.05) is 32.7 Å². The van der Waals surface area contributed by atoms with Crippen molar-refractivity contribution < 1.29 is 4.79 Å². The first-order chi connectivity index (χ1) is 11.5. The fraction of sp³-hybridized carbons (Fsp3) is 0.667. The van der Waals surface area contributed by atoms with E-state index in [1.807, 2.05) is 0 Å². The smallest absolute Gasteiger partial charge is 0.271 e. The van der Waals surface area contributed by atoms with Gasteiger partial charge in [-0.1, -0.05) is 23.3 Å². The Balaban J connectivity index is 1.63. The van der Waals surface area contributed by atoms with Crippen molar-refractivity contribution in [1.82, 2.24) is 20.0 Å². The zero-order valence-electron chi connectivity index (χ0n) is 14.8. The number of hydrogen-bond donors (Lipinski definition) is 1. The zero-order chi connectivity index (χ0) is 17.3. The number of rotatable bonds is 6. The monoisotopic (exact) mass is 350 g/mol. The van der Waals surface area contributed by atoms with Crippen LogP contribution in [0.5, 0.6) is 0 Å². The van der Waals surface area contributed by atoms with E-state index in [0.717, 1.165) is 32.0 Å². The number of allylic oxidation sites excluding steroid dienone is 1. The number of carbonyl (C=O) groups excluding carboxylic acids is 1. The highest BCUT2D eigenvalue weighted by atomic mass is 35.5. The Bertz CT molecular complexity index is 611. The van der Waals surface area contributed by atoms with E-state index in [1.165, 1.54) is 24.6 Å². The summed E-state index contributed by atoms with van der Waals surface area (Å²) < 4.78 is 1.55. The summed E-state index contributed by atoms with van der Waals surface area (Å²) in [6.07, 6.45) is 7.48. The van der Waals surface area contributed by atoms with Crippen molar-refractivity contribution in [2.24, 2.45) is 18.9 Å². The number of aromatic nitrogens is 2. The van der Waals surface area contributed by atoms with E-state index in [4.69, 9.17) is 11.6 Å². The lowest BCUT2D eigenvalue weighted by Gasteiger charge is -2.19. The van der Waals surface area contributed by atoms with Gasteiger partial charge < -0.3 is 10.2 Å². The van der Waals surface area contributed by atoms with Gasteiger partial charge in [0.25, 0.3) is 5.91 Å². The lowest BCUT2D eigenvalue weighted by atomic mass is 9.98. The third-order valence-corrected chi connectivity index (χ3v) is 5.37. The average Bonchev–Trinajstić information content (AvgIpc) is 3.19. The van der Waals surface area contributed by atoms with E-state index >= 15 is 0 Å². The van der Waals surface area contributed by atoms with Crippen molar-refractivity contribution in [2.75, 3.05) is 19.6 Å². The first-order valence-corrected chi connectivity index (χ1v) is 9.17. The number of nitrogens with one attached hydrogen (secondary N) is 1. The van der Waals surface area contributed by atoms with Crippen LogP contribution in [0.2, 0.25) is 5.02 Å². The van der Waals surface area contributed by atoms with Crippen molar-refractivity contribution >= 4 is 17.5 Å². The van der Waals surface area contributed by atoms with Crippen molar-refractivity contribution in [3.63, 3.8) is 0 Å². The van der Waals surface area contributed by atoms with Gasteiger partial charge in [0.2, 0.25) is 0 Å². The number of carbonyl (C=O) groups is 1. The van der Waals surface area contributed by atoms with E-state index in [2.05, 4.69) is 35.2 Å². The summed E-state index contributed by atoms with van der Waals surface area (Å²) in [4.78, 5) is 15.1. The van der Waals surface area contributed by atoms with Gasteiger partial charge in [-0.25, -0.2) is 0 Å². The van der Waals surface area contributed by atoms with E-state index in [-0.39, 0.29) is 11.9 Å². The minimum absolute atomic E-state index is 0.109. The summed E-state index contributed by atoms with van der Waals surface area (Å²) in [7, 11) is 1.75. The number of hydrogen-bond acceptors (Lipinski definition) is 3. The minimum atomic E-state index is -0.109. The van der Waals surface area contributed by atoms with Gasteiger partial charge in [-0.15, -0.1) is 0 Å². The van der Waals surface area contributed by atoms with E-state index in [0.29, 0.717) is 16.6 Å². The molecule has 1 aromatic heterocycles. The largest absolute Gasteiger partial charge is 0.346 e. The third kappa shape index (κ3) is 4.01. The molecule has 1 aliphatic heterocycles. The summed E-state index contributed by atoms with van der Waals surface area (Å²) in [5.41, 5.74) is 1.82. The zero-order valence-corrected chi connectivity index (χ0v) is 15.5. The normalized spacial score (nSPS) is 24.2. The fourth-order valence-corrected chi connectivity index (χ4v) is 3.94. The molecule has 1 aromatic rings. The lowest BCUT2D eigenvalue weighted by molar-refractivity contribution is 0.0918. The molecule has 3 rings (SSSR count). The van der Waals surface area contributed by atoms with Gasteiger partial charge in [-0.05, 0) is 44.9 Å². The number of aryl methyl sites for hydroxylation is 1. The molecule has 1 amide bonds. The minimum Gasteiger partial charge on any atom is -0.346 e. The van der Waals surface area contributed by atoms with Gasteiger partial charge in [-0.3, -0.25) is 9.48 Å². The Morgan fingerprint density at radius 3 is 2.75 bits per heavy atom. The van der Waals surface area contributed by atoms with Gasteiger partial charge in [0.15, 0.2) is 0 Å². The van der Waals surface area contributed by atoms with Crippen LogP contribution < -0.4 is 5.32 Å². The molecule has 5 nitrogen and oxygen atoms in total. The highest BCUT2D eigenvalue weighted by Gasteiger charge is 2.43. The number of amides is 1. The van der Waals surface area contributed by atoms with E-state index < -0.39 is 0 Å². The second-order valence-electron chi connectivity index (χ2n) is 7.38. The van der Waals surface area contributed by atoms with Crippen molar-refractivity contribution in [1.29, 1.82) is 0 Å². The lowest BCUT2D eigenvalue weighted by Crippen LogP contribution is -2.42. The molecule has 0 bridgehead atoms. The van der Waals surface area contributed by atoms with Gasteiger partial charge in [0.05, 0.1) is 11.2 Å². The Hall–Kier alpha value is -1.33. The molecule has 1 N–H and O–H groups in total. The van der Waals surface area contributed by atoms with Crippen LogP contribution in [0.3, 0.4) is 0 Å². The highest BCUT2D eigenvalue weighted by molar-refractivity contribution is 6.33. The molecule has 1 saturated carbocycles. The van der Waals surface area contributed by atoms with Crippen molar-refractivity contribution in [3.05, 3.63) is 28.6 Å². The molecule has 2 heterocycles. The van der Waals surface area contributed by atoms with Crippen LogP contribution in [-0.4, -0.2) is 46.3 Å². The second-order valence-corrected chi connectivity index (χ2v) is 7.78. The van der Waals surface area contributed by atoms with Crippen LogP contribution in [-0.2, 0) is 7.05 Å². The topological polar surface area (TPSA) is 50.2 Å². The molecule has 0 aromatic carbocycles. The van der Waals surface area contributed by atoms with E-state index in [1.54, 1.807) is 11.7 Å². The summed E-state index contributed by atoms with van der Waals surface area (Å²) in [6.45, 7) is 7.35. The second kappa shape index (κ2) is 7.28. The predicted octanol–water partition coefficient (Wildman–Crippen LogP) is 2.87. The quantitative estimate of drug-likeness (QED) is 0.802. The van der Waals surface area contributed by atoms with Crippen LogP contribution in [0.25, 0.3) is 0 Å². The molecule has 2 aliphatic rings. The number of likely N-dealkylation sites (tertiary alicyclic amines) is 1. The molecular weight excluding hydrogens is 324 g/mol. The molecule has 1 aliphatic carbocycles. The molecule has 0 radical (unpaired) electrons. The van der Waals surface area contributed by atoms with Crippen molar-refractivity contribution in [2.45, 2.75) is 39.2 Å². The highest BCUT2D eigenvalue weighted by Crippen LogP contribution is 2.41. The first kappa shape index (κ1) is 17.5.